The SMILES string of the molecule is CC(C)N(CCCN)CC(=O)N(C)C1CC1. The third-order valence-electron chi connectivity index (χ3n) is 3.21. The summed E-state index contributed by atoms with van der Waals surface area (Å²) in [6, 6.07) is 0.916. The molecule has 4 heteroatoms. The highest BCUT2D eigenvalue weighted by molar-refractivity contribution is 5.78. The minimum absolute atomic E-state index is 0.244. The lowest BCUT2D eigenvalue weighted by Gasteiger charge is -2.28. The van der Waals surface area contributed by atoms with Crippen molar-refractivity contribution in [1.82, 2.24) is 9.80 Å². The van der Waals surface area contributed by atoms with Gasteiger partial charge in [0.15, 0.2) is 0 Å². The highest BCUT2D eigenvalue weighted by Gasteiger charge is 2.30. The molecule has 0 aromatic heterocycles. The standard InChI is InChI=1S/C12H25N3O/c1-10(2)15(8-4-7-13)9-12(16)14(3)11-5-6-11/h10-11H,4-9,13H2,1-3H3. The Balaban J connectivity index is 2.37. The van der Waals surface area contributed by atoms with Crippen molar-refractivity contribution in [2.24, 2.45) is 5.73 Å². The first-order valence-corrected chi connectivity index (χ1v) is 6.26. The van der Waals surface area contributed by atoms with Gasteiger partial charge in [-0.15, -0.1) is 0 Å². The lowest BCUT2D eigenvalue weighted by molar-refractivity contribution is -0.132. The Hall–Kier alpha value is -0.610. The number of carbonyl (C=O) groups excluding carboxylic acids is 1. The maximum atomic E-state index is 12.0. The van der Waals surface area contributed by atoms with Crippen molar-refractivity contribution >= 4 is 5.91 Å². The van der Waals surface area contributed by atoms with Crippen molar-refractivity contribution in [3.8, 4) is 0 Å². The maximum absolute atomic E-state index is 12.0. The zero-order valence-corrected chi connectivity index (χ0v) is 10.8. The Morgan fingerprint density at radius 1 is 1.44 bits per heavy atom. The van der Waals surface area contributed by atoms with Gasteiger partial charge in [0, 0.05) is 25.7 Å². The van der Waals surface area contributed by atoms with Crippen LogP contribution in [0.25, 0.3) is 0 Å². The van der Waals surface area contributed by atoms with Crippen LogP contribution in [0.3, 0.4) is 0 Å². The molecule has 0 saturated heterocycles. The number of rotatable bonds is 7. The molecule has 1 amide bonds. The Morgan fingerprint density at radius 2 is 2.06 bits per heavy atom. The van der Waals surface area contributed by atoms with Gasteiger partial charge in [0.2, 0.25) is 5.91 Å². The number of carbonyl (C=O) groups is 1. The van der Waals surface area contributed by atoms with Gasteiger partial charge < -0.3 is 10.6 Å². The molecular weight excluding hydrogens is 202 g/mol. The fraction of sp³-hybridized carbons (Fsp3) is 0.917. The molecule has 0 unspecified atom stereocenters. The summed E-state index contributed by atoms with van der Waals surface area (Å²) < 4.78 is 0. The highest BCUT2D eigenvalue weighted by Crippen LogP contribution is 2.25. The number of nitrogens with two attached hydrogens (primary N) is 1. The number of likely N-dealkylation sites (N-methyl/N-ethyl adjacent to an activating group) is 1. The average Bonchev–Trinajstić information content (AvgIpc) is 3.05. The molecule has 1 rings (SSSR count). The zero-order valence-electron chi connectivity index (χ0n) is 10.8. The van der Waals surface area contributed by atoms with Crippen LogP contribution in [-0.4, -0.2) is 54.5 Å². The van der Waals surface area contributed by atoms with Crippen molar-refractivity contribution in [3.05, 3.63) is 0 Å². The van der Waals surface area contributed by atoms with E-state index in [-0.39, 0.29) is 5.91 Å². The molecular formula is C12H25N3O. The summed E-state index contributed by atoms with van der Waals surface area (Å²) in [4.78, 5) is 16.1. The van der Waals surface area contributed by atoms with Crippen LogP contribution >= 0.6 is 0 Å². The Bertz CT molecular complexity index is 226. The van der Waals surface area contributed by atoms with Gasteiger partial charge in [-0.25, -0.2) is 0 Å². The summed E-state index contributed by atoms with van der Waals surface area (Å²) in [6.07, 6.45) is 3.30. The molecule has 1 aliphatic rings. The smallest absolute Gasteiger partial charge is 0.236 e. The molecule has 0 heterocycles. The molecule has 4 nitrogen and oxygen atoms in total. The first-order valence-electron chi connectivity index (χ1n) is 6.26. The van der Waals surface area contributed by atoms with Crippen molar-refractivity contribution in [3.63, 3.8) is 0 Å². The molecule has 0 aromatic carbocycles. The predicted octanol–water partition coefficient (Wildman–Crippen LogP) is 0.666. The van der Waals surface area contributed by atoms with E-state index in [9.17, 15) is 4.79 Å². The second-order valence-corrected chi connectivity index (χ2v) is 4.94. The molecule has 0 bridgehead atoms. The van der Waals surface area contributed by atoms with E-state index in [2.05, 4.69) is 18.7 Å². The van der Waals surface area contributed by atoms with Gasteiger partial charge in [0.1, 0.15) is 0 Å². The summed E-state index contributed by atoms with van der Waals surface area (Å²) in [6.45, 7) is 6.39. The fourth-order valence-corrected chi connectivity index (χ4v) is 1.76. The molecule has 0 spiro atoms. The second-order valence-electron chi connectivity index (χ2n) is 4.94. The van der Waals surface area contributed by atoms with Gasteiger partial charge in [0.25, 0.3) is 0 Å². The normalized spacial score (nSPS) is 15.9. The largest absolute Gasteiger partial charge is 0.342 e. The molecule has 0 atom stereocenters. The molecule has 1 saturated carbocycles. The molecule has 0 radical (unpaired) electrons. The summed E-state index contributed by atoms with van der Waals surface area (Å²) >= 11 is 0. The van der Waals surface area contributed by atoms with E-state index in [1.807, 2.05) is 11.9 Å². The van der Waals surface area contributed by atoms with Gasteiger partial charge in [-0.1, -0.05) is 0 Å². The minimum Gasteiger partial charge on any atom is -0.342 e. The predicted molar refractivity (Wildman–Crippen MR) is 66.2 cm³/mol. The molecule has 0 aromatic rings. The fourth-order valence-electron chi connectivity index (χ4n) is 1.76. The first kappa shape index (κ1) is 13.5. The van der Waals surface area contributed by atoms with E-state index in [0.717, 1.165) is 13.0 Å². The van der Waals surface area contributed by atoms with Crippen LogP contribution in [0, 0.1) is 0 Å². The lowest BCUT2D eigenvalue weighted by atomic mass is 10.2. The topological polar surface area (TPSA) is 49.6 Å². The van der Waals surface area contributed by atoms with Crippen LogP contribution in [0.5, 0.6) is 0 Å². The van der Waals surface area contributed by atoms with E-state index in [1.165, 1.54) is 12.8 Å². The van der Waals surface area contributed by atoms with Crippen LogP contribution < -0.4 is 5.73 Å². The number of hydrogen-bond acceptors (Lipinski definition) is 3. The van der Waals surface area contributed by atoms with E-state index in [1.54, 1.807) is 0 Å². The van der Waals surface area contributed by atoms with Gasteiger partial charge >= 0.3 is 0 Å². The molecule has 94 valence electrons. The monoisotopic (exact) mass is 227 g/mol. The van der Waals surface area contributed by atoms with Crippen molar-refractivity contribution in [1.29, 1.82) is 0 Å². The number of amides is 1. The number of nitrogens with zero attached hydrogens (tertiary/aromatic N) is 2. The third kappa shape index (κ3) is 4.10. The number of hydrogen-bond donors (Lipinski definition) is 1. The van der Waals surface area contributed by atoms with E-state index < -0.39 is 0 Å². The Morgan fingerprint density at radius 3 is 2.50 bits per heavy atom. The van der Waals surface area contributed by atoms with E-state index in [0.29, 0.717) is 25.2 Å². The van der Waals surface area contributed by atoms with E-state index >= 15 is 0 Å². The highest BCUT2D eigenvalue weighted by atomic mass is 16.2. The van der Waals surface area contributed by atoms with Crippen LogP contribution in [0.15, 0.2) is 0 Å². The zero-order chi connectivity index (χ0) is 12.1. The van der Waals surface area contributed by atoms with Gasteiger partial charge in [-0.3, -0.25) is 9.69 Å². The Kier molecular flexibility index (Phi) is 5.22. The summed E-state index contributed by atoms with van der Waals surface area (Å²) in [5, 5.41) is 0. The Labute approximate surface area is 98.8 Å². The first-order chi connectivity index (χ1) is 7.56. The molecule has 1 fully saturated rings. The van der Waals surface area contributed by atoms with Crippen LogP contribution in [0.2, 0.25) is 0 Å². The van der Waals surface area contributed by atoms with Crippen LogP contribution in [0.1, 0.15) is 33.1 Å². The van der Waals surface area contributed by atoms with Gasteiger partial charge in [-0.2, -0.15) is 0 Å². The summed E-state index contributed by atoms with van der Waals surface area (Å²) in [7, 11) is 1.92. The average molecular weight is 227 g/mol. The maximum Gasteiger partial charge on any atom is 0.236 e. The molecule has 1 aliphatic carbocycles. The lowest BCUT2D eigenvalue weighted by Crippen LogP contribution is -2.43. The van der Waals surface area contributed by atoms with E-state index in [4.69, 9.17) is 5.73 Å². The van der Waals surface area contributed by atoms with Gasteiger partial charge in [0.05, 0.1) is 6.54 Å². The van der Waals surface area contributed by atoms with Crippen LogP contribution in [0.4, 0.5) is 0 Å². The summed E-state index contributed by atoms with van der Waals surface area (Å²) in [5.74, 6) is 0.244. The third-order valence-corrected chi connectivity index (χ3v) is 3.21. The minimum atomic E-state index is 0.244. The molecule has 0 aliphatic heterocycles. The van der Waals surface area contributed by atoms with Crippen molar-refractivity contribution in [2.75, 3.05) is 26.7 Å². The van der Waals surface area contributed by atoms with Crippen molar-refractivity contribution in [2.45, 2.75) is 45.2 Å². The second kappa shape index (κ2) is 6.21. The molecule has 2 N–H and O–H groups in total. The van der Waals surface area contributed by atoms with Crippen LogP contribution in [-0.2, 0) is 4.79 Å². The van der Waals surface area contributed by atoms with Gasteiger partial charge in [-0.05, 0) is 39.7 Å². The van der Waals surface area contributed by atoms with Crippen molar-refractivity contribution < 1.29 is 4.79 Å². The quantitative estimate of drug-likeness (QED) is 0.695. The summed E-state index contributed by atoms with van der Waals surface area (Å²) in [5.41, 5.74) is 5.50. The molecule has 16 heavy (non-hydrogen) atoms.